The zero-order valence-electron chi connectivity index (χ0n) is 9.84. The molecule has 6 heteroatoms. The minimum absolute atomic E-state index is 0.262. The molecule has 0 radical (unpaired) electrons. The molecule has 0 aliphatic rings. The highest BCUT2D eigenvalue weighted by molar-refractivity contribution is 8.00. The van der Waals surface area contributed by atoms with Gasteiger partial charge in [-0.15, -0.1) is 11.3 Å². The third kappa shape index (κ3) is 3.10. The second-order valence-corrected chi connectivity index (χ2v) is 5.75. The highest BCUT2D eigenvalue weighted by Gasteiger charge is 2.10. The van der Waals surface area contributed by atoms with Crippen LogP contribution in [0.1, 0.15) is 21.6 Å². The van der Waals surface area contributed by atoms with Crippen molar-refractivity contribution in [3.8, 4) is 0 Å². The van der Waals surface area contributed by atoms with Gasteiger partial charge in [-0.05, 0) is 18.6 Å². The van der Waals surface area contributed by atoms with E-state index in [0.29, 0.717) is 11.3 Å². The quantitative estimate of drug-likeness (QED) is 0.390. The number of nitrogens with zero attached hydrogens (tertiary/aromatic N) is 1. The molecule has 0 saturated heterocycles. The maximum Gasteiger partial charge on any atom is 0.265 e. The number of thioether (sulfide) groups is 1. The smallest absolute Gasteiger partial charge is 0.265 e. The van der Waals surface area contributed by atoms with Crippen LogP contribution in [0.4, 0.5) is 0 Å². The normalized spacial score (nSPS) is 10.3. The Balaban J connectivity index is 2.11. The van der Waals surface area contributed by atoms with Crippen LogP contribution < -0.4 is 11.3 Å². The Hall–Kier alpha value is -1.37. The third-order valence-electron chi connectivity index (χ3n) is 2.34. The molecule has 3 N–H and O–H groups in total. The van der Waals surface area contributed by atoms with Crippen LogP contribution in [0.3, 0.4) is 0 Å². The first-order valence-electron chi connectivity index (χ1n) is 5.34. The maximum absolute atomic E-state index is 11.6. The predicted molar refractivity (Wildman–Crippen MR) is 74.5 cm³/mol. The molecule has 0 aliphatic heterocycles. The van der Waals surface area contributed by atoms with Gasteiger partial charge in [0.25, 0.3) is 5.91 Å². The van der Waals surface area contributed by atoms with Crippen molar-refractivity contribution in [2.24, 2.45) is 5.84 Å². The SMILES string of the molecule is Cc1csc(SCc2ccccc2C(=O)NN)n1. The van der Waals surface area contributed by atoms with Crippen molar-refractivity contribution in [1.82, 2.24) is 10.4 Å². The number of hydrogen-bond acceptors (Lipinski definition) is 5. The van der Waals surface area contributed by atoms with E-state index in [2.05, 4.69) is 10.4 Å². The standard InChI is InChI=1S/C12H13N3OS2/c1-8-6-17-12(14-8)18-7-9-4-2-3-5-10(9)11(16)15-13/h2-6H,7,13H2,1H3,(H,15,16). The van der Waals surface area contributed by atoms with E-state index in [0.717, 1.165) is 15.6 Å². The fourth-order valence-electron chi connectivity index (χ4n) is 1.48. The number of nitrogen functional groups attached to an aromatic ring is 1. The van der Waals surface area contributed by atoms with E-state index in [-0.39, 0.29) is 5.91 Å². The molecule has 0 bridgehead atoms. The molecule has 2 aromatic rings. The first kappa shape index (κ1) is 13.1. The van der Waals surface area contributed by atoms with Crippen LogP contribution >= 0.6 is 23.1 Å². The van der Waals surface area contributed by atoms with Gasteiger partial charge in [0.15, 0.2) is 0 Å². The number of amides is 1. The lowest BCUT2D eigenvalue weighted by atomic mass is 10.1. The van der Waals surface area contributed by atoms with Crippen molar-refractivity contribution in [2.45, 2.75) is 17.0 Å². The Morgan fingerprint density at radius 1 is 1.50 bits per heavy atom. The van der Waals surface area contributed by atoms with Crippen LogP contribution in [0, 0.1) is 6.92 Å². The van der Waals surface area contributed by atoms with Gasteiger partial charge in [-0.2, -0.15) is 0 Å². The number of hydrogen-bond donors (Lipinski definition) is 2. The molecule has 0 aliphatic carbocycles. The number of hydrazine groups is 1. The number of benzene rings is 1. The molecule has 4 nitrogen and oxygen atoms in total. The van der Waals surface area contributed by atoms with Crippen LogP contribution in [0.25, 0.3) is 0 Å². The number of carbonyl (C=O) groups excluding carboxylic acids is 1. The topological polar surface area (TPSA) is 68.0 Å². The number of nitrogens with two attached hydrogens (primary N) is 1. The Morgan fingerprint density at radius 3 is 2.94 bits per heavy atom. The zero-order chi connectivity index (χ0) is 13.0. The molecule has 0 fully saturated rings. The summed E-state index contributed by atoms with van der Waals surface area (Å²) in [6, 6.07) is 7.44. The van der Waals surface area contributed by atoms with E-state index >= 15 is 0 Å². The number of rotatable bonds is 4. The molecule has 1 aromatic carbocycles. The molecule has 1 amide bonds. The molecule has 18 heavy (non-hydrogen) atoms. The molecule has 94 valence electrons. The summed E-state index contributed by atoms with van der Waals surface area (Å²) in [5.41, 5.74) is 4.75. The molecule has 0 unspecified atom stereocenters. The largest absolute Gasteiger partial charge is 0.290 e. The second kappa shape index (κ2) is 5.99. The zero-order valence-corrected chi connectivity index (χ0v) is 11.5. The summed E-state index contributed by atoms with van der Waals surface area (Å²) in [6.45, 7) is 1.97. The van der Waals surface area contributed by atoms with Gasteiger partial charge in [0.05, 0.1) is 0 Å². The Labute approximate surface area is 114 Å². The van der Waals surface area contributed by atoms with E-state index in [1.54, 1.807) is 29.2 Å². The molecule has 1 aromatic heterocycles. The first-order valence-corrected chi connectivity index (χ1v) is 7.21. The van der Waals surface area contributed by atoms with E-state index < -0.39 is 0 Å². The lowest BCUT2D eigenvalue weighted by Gasteiger charge is -2.06. The maximum atomic E-state index is 11.6. The summed E-state index contributed by atoms with van der Waals surface area (Å²) < 4.78 is 1.01. The van der Waals surface area contributed by atoms with Crippen LogP contribution in [0.15, 0.2) is 34.0 Å². The molecule has 0 saturated carbocycles. The molecular weight excluding hydrogens is 266 g/mol. The molecule has 0 atom stereocenters. The number of aryl methyl sites for hydroxylation is 1. The van der Waals surface area contributed by atoms with E-state index in [9.17, 15) is 4.79 Å². The van der Waals surface area contributed by atoms with Crippen LogP contribution in [-0.2, 0) is 5.75 Å². The van der Waals surface area contributed by atoms with Gasteiger partial charge in [-0.25, -0.2) is 10.8 Å². The summed E-state index contributed by atoms with van der Waals surface area (Å²) >= 11 is 3.24. The van der Waals surface area contributed by atoms with Crippen molar-refractivity contribution >= 4 is 29.0 Å². The Kier molecular flexibility index (Phi) is 4.35. The number of carbonyl (C=O) groups is 1. The van der Waals surface area contributed by atoms with Gasteiger partial charge in [-0.3, -0.25) is 10.2 Å². The lowest BCUT2D eigenvalue weighted by Crippen LogP contribution is -2.30. The van der Waals surface area contributed by atoms with Gasteiger partial charge in [0.1, 0.15) is 4.34 Å². The van der Waals surface area contributed by atoms with Crippen molar-refractivity contribution in [3.63, 3.8) is 0 Å². The lowest BCUT2D eigenvalue weighted by molar-refractivity contribution is 0.0953. The van der Waals surface area contributed by atoms with Gasteiger partial charge in [0.2, 0.25) is 0 Å². The molecule has 2 rings (SSSR count). The summed E-state index contributed by atoms with van der Waals surface area (Å²) in [6.07, 6.45) is 0. The molecule has 0 spiro atoms. The van der Waals surface area contributed by atoms with Gasteiger partial charge < -0.3 is 0 Å². The first-order chi connectivity index (χ1) is 8.70. The number of aromatic nitrogens is 1. The second-order valence-electron chi connectivity index (χ2n) is 3.67. The van der Waals surface area contributed by atoms with Crippen LogP contribution in [0.2, 0.25) is 0 Å². The summed E-state index contributed by atoms with van der Waals surface area (Å²) in [5.74, 6) is 5.61. The Morgan fingerprint density at radius 2 is 2.28 bits per heavy atom. The van der Waals surface area contributed by atoms with E-state index in [1.165, 1.54) is 0 Å². The Bertz CT molecular complexity index is 554. The third-order valence-corrected chi connectivity index (χ3v) is 4.53. The average Bonchev–Trinajstić information content (AvgIpc) is 2.81. The van der Waals surface area contributed by atoms with Crippen molar-refractivity contribution in [2.75, 3.05) is 0 Å². The van der Waals surface area contributed by atoms with Crippen LogP contribution in [0.5, 0.6) is 0 Å². The number of thiazole rings is 1. The fraction of sp³-hybridized carbons (Fsp3) is 0.167. The molecule has 1 heterocycles. The average molecular weight is 279 g/mol. The van der Waals surface area contributed by atoms with Gasteiger partial charge >= 0.3 is 0 Å². The summed E-state index contributed by atoms with van der Waals surface area (Å²) in [5, 5.41) is 2.01. The van der Waals surface area contributed by atoms with Crippen molar-refractivity contribution < 1.29 is 4.79 Å². The van der Waals surface area contributed by atoms with E-state index in [1.807, 2.05) is 30.5 Å². The highest BCUT2D eigenvalue weighted by Crippen LogP contribution is 2.27. The minimum Gasteiger partial charge on any atom is -0.290 e. The van der Waals surface area contributed by atoms with Crippen molar-refractivity contribution in [1.29, 1.82) is 0 Å². The number of nitrogens with one attached hydrogen (secondary N) is 1. The van der Waals surface area contributed by atoms with Crippen LogP contribution in [-0.4, -0.2) is 10.9 Å². The minimum atomic E-state index is -0.262. The van der Waals surface area contributed by atoms with Gasteiger partial charge in [0, 0.05) is 22.4 Å². The predicted octanol–water partition coefficient (Wildman–Crippen LogP) is 2.35. The van der Waals surface area contributed by atoms with Crippen molar-refractivity contribution in [3.05, 3.63) is 46.5 Å². The fourth-order valence-corrected chi connectivity index (χ4v) is 3.34. The van der Waals surface area contributed by atoms with E-state index in [4.69, 9.17) is 5.84 Å². The van der Waals surface area contributed by atoms with Gasteiger partial charge in [-0.1, -0.05) is 30.0 Å². The summed E-state index contributed by atoms with van der Waals surface area (Å²) in [7, 11) is 0. The molecular formula is C12H13N3OS2. The monoisotopic (exact) mass is 279 g/mol. The highest BCUT2D eigenvalue weighted by atomic mass is 32.2. The summed E-state index contributed by atoms with van der Waals surface area (Å²) in [4.78, 5) is 16.0.